The fraction of sp³-hybridized carbons (Fsp3) is 0.545. The van der Waals surface area contributed by atoms with Crippen molar-refractivity contribution in [2.45, 2.75) is 32.7 Å². The topological polar surface area (TPSA) is 77.4 Å². The van der Waals surface area contributed by atoms with E-state index in [1.165, 1.54) is 5.56 Å². The number of nitrogens with zero attached hydrogens (tertiary/aromatic N) is 2. The third-order valence-corrected chi connectivity index (χ3v) is 4.74. The minimum Gasteiger partial charge on any atom is -0.378 e. The van der Waals surface area contributed by atoms with Gasteiger partial charge >= 0.3 is 0 Å². The Morgan fingerprint density at radius 3 is 2.24 bits per heavy atom. The highest BCUT2D eigenvalue weighted by molar-refractivity contribution is 5.94. The van der Waals surface area contributed by atoms with Crippen molar-refractivity contribution in [2.75, 3.05) is 46.6 Å². The van der Waals surface area contributed by atoms with Gasteiger partial charge in [-0.3, -0.25) is 9.48 Å². The van der Waals surface area contributed by atoms with Gasteiger partial charge in [0.05, 0.1) is 38.7 Å². The second kappa shape index (κ2) is 12.4. The van der Waals surface area contributed by atoms with Gasteiger partial charge < -0.3 is 20.1 Å². The zero-order chi connectivity index (χ0) is 21.1. The van der Waals surface area contributed by atoms with Crippen molar-refractivity contribution in [1.82, 2.24) is 20.4 Å². The van der Waals surface area contributed by atoms with Crippen LogP contribution in [-0.4, -0.2) is 62.3 Å². The number of hydrogen-bond donors (Lipinski definition) is 2. The van der Waals surface area contributed by atoms with Crippen LogP contribution in [0.1, 0.15) is 54.2 Å². The number of carbonyl (C=O) groups is 1. The maximum absolute atomic E-state index is 12.3. The van der Waals surface area contributed by atoms with Crippen LogP contribution < -0.4 is 10.6 Å². The maximum atomic E-state index is 12.3. The van der Waals surface area contributed by atoms with E-state index in [0.717, 1.165) is 12.1 Å². The summed E-state index contributed by atoms with van der Waals surface area (Å²) < 4.78 is 12.8. The SMILES string of the molecule is CNCCOCCOCCNC(=O)c1ccc(C(C)n2cc(C(C)C)cn2)cc1. The molecule has 7 nitrogen and oxygen atoms in total. The molecule has 0 spiro atoms. The maximum Gasteiger partial charge on any atom is 0.251 e. The Morgan fingerprint density at radius 1 is 1.00 bits per heavy atom. The lowest BCUT2D eigenvalue weighted by atomic mass is 10.1. The smallest absolute Gasteiger partial charge is 0.251 e. The Labute approximate surface area is 173 Å². The van der Waals surface area contributed by atoms with Crippen molar-refractivity contribution < 1.29 is 14.3 Å². The Hall–Kier alpha value is -2.22. The number of likely N-dealkylation sites (N-methyl/N-ethyl adjacent to an activating group) is 1. The van der Waals surface area contributed by atoms with E-state index in [0.29, 0.717) is 44.5 Å². The molecule has 1 amide bonds. The summed E-state index contributed by atoms with van der Waals surface area (Å²) in [5.74, 6) is 0.358. The van der Waals surface area contributed by atoms with Gasteiger partial charge in [-0.25, -0.2) is 0 Å². The van der Waals surface area contributed by atoms with Crippen molar-refractivity contribution in [3.63, 3.8) is 0 Å². The van der Waals surface area contributed by atoms with Gasteiger partial charge in [-0.2, -0.15) is 5.10 Å². The number of hydrogen-bond acceptors (Lipinski definition) is 5. The average molecular weight is 403 g/mol. The lowest BCUT2D eigenvalue weighted by Crippen LogP contribution is -2.27. The highest BCUT2D eigenvalue weighted by Gasteiger charge is 2.12. The van der Waals surface area contributed by atoms with E-state index in [9.17, 15) is 4.79 Å². The quantitative estimate of drug-likeness (QED) is 0.504. The fourth-order valence-electron chi connectivity index (χ4n) is 2.76. The first-order chi connectivity index (χ1) is 14.0. The Morgan fingerprint density at radius 2 is 1.66 bits per heavy atom. The van der Waals surface area contributed by atoms with Crippen molar-refractivity contribution in [3.05, 3.63) is 53.3 Å². The van der Waals surface area contributed by atoms with Gasteiger partial charge in [0.25, 0.3) is 5.91 Å². The minimum absolute atomic E-state index is 0.0979. The molecule has 160 valence electrons. The summed E-state index contributed by atoms with van der Waals surface area (Å²) in [7, 11) is 1.89. The van der Waals surface area contributed by atoms with E-state index in [1.807, 2.05) is 42.2 Å². The molecule has 0 radical (unpaired) electrons. The highest BCUT2D eigenvalue weighted by Crippen LogP contribution is 2.20. The summed E-state index contributed by atoms with van der Waals surface area (Å²) >= 11 is 0. The van der Waals surface area contributed by atoms with Crippen molar-refractivity contribution in [2.24, 2.45) is 0 Å². The molecular weight excluding hydrogens is 368 g/mol. The van der Waals surface area contributed by atoms with E-state index in [2.05, 4.69) is 42.7 Å². The number of rotatable bonds is 13. The molecule has 1 unspecified atom stereocenters. The molecule has 0 fully saturated rings. The first-order valence-corrected chi connectivity index (χ1v) is 10.2. The number of amides is 1. The normalized spacial score (nSPS) is 12.3. The fourth-order valence-corrected chi connectivity index (χ4v) is 2.76. The zero-order valence-corrected chi connectivity index (χ0v) is 18.0. The monoisotopic (exact) mass is 402 g/mol. The van der Waals surface area contributed by atoms with Crippen molar-refractivity contribution >= 4 is 5.91 Å². The third kappa shape index (κ3) is 7.61. The Kier molecular flexibility index (Phi) is 9.83. The van der Waals surface area contributed by atoms with E-state index in [1.54, 1.807) is 0 Å². The van der Waals surface area contributed by atoms with Crippen molar-refractivity contribution in [1.29, 1.82) is 0 Å². The van der Waals surface area contributed by atoms with Crippen LogP contribution in [0.4, 0.5) is 0 Å². The standard InChI is InChI=1S/C22H34N4O3/c1-17(2)21-15-25-26(16-21)18(3)19-5-7-20(8-6-19)22(27)24-10-12-29-14-13-28-11-9-23-4/h5-8,15-18,23H,9-14H2,1-4H3,(H,24,27). The summed E-state index contributed by atoms with van der Waals surface area (Å²) in [6.45, 7) is 9.94. The van der Waals surface area contributed by atoms with Crippen LogP contribution in [0.2, 0.25) is 0 Å². The van der Waals surface area contributed by atoms with Crippen LogP contribution in [0, 0.1) is 0 Å². The second-order valence-electron chi connectivity index (χ2n) is 7.29. The van der Waals surface area contributed by atoms with Crippen LogP contribution >= 0.6 is 0 Å². The Bertz CT molecular complexity index is 728. The predicted molar refractivity (Wildman–Crippen MR) is 114 cm³/mol. The van der Waals surface area contributed by atoms with E-state index < -0.39 is 0 Å². The molecule has 29 heavy (non-hydrogen) atoms. The molecule has 7 heteroatoms. The average Bonchev–Trinajstić information content (AvgIpc) is 3.22. The highest BCUT2D eigenvalue weighted by atomic mass is 16.5. The number of carbonyl (C=O) groups excluding carboxylic acids is 1. The number of ether oxygens (including phenoxy) is 2. The molecular formula is C22H34N4O3. The van der Waals surface area contributed by atoms with Gasteiger partial charge in [-0.15, -0.1) is 0 Å². The van der Waals surface area contributed by atoms with Crippen LogP contribution in [0.25, 0.3) is 0 Å². The van der Waals surface area contributed by atoms with E-state index >= 15 is 0 Å². The molecule has 1 atom stereocenters. The third-order valence-electron chi connectivity index (χ3n) is 4.74. The molecule has 2 N–H and O–H groups in total. The first kappa shape index (κ1) is 23.1. The molecule has 0 aliphatic carbocycles. The molecule has 0 saturated carbocycles. The van der Waals surface area contributed by atoms with Crippen LogP contribution in [0.3, 0.4) is 0 Å². The molecule has 1 aromatic carbocycles. The molecule has 0 saturated heterocycles. The summed E-state index contributed by atoms with van der Waals surface area (Å²) in [6, 6.07) is 7.78. The lowest BCUT2D eigenvalue weighted by Gasteiger charge is -2.13. The summed E-state index contributed by atoms with van der Waals surface area (Å²) in [4.78, 5) is 12.3. The van der Waals surface area contributed by atoms with Gasteiger partial charge in [-0.1, -0.05) is 26.0 Å². The second-order valence-corrected chi connectivity index (χ2v) is 7.29. The molecule has 1 aromatic heterocycles. The van der Waals surface area contributed by atoms with Gasteiger partial charge in [0.15, 0.2) is 0 Å². The Balaban J connectivity index is 1.72. The molecule has 0 aliphatic heterocycles. The van der Waals surface area contributed by atoms with Gasteiger partial charge in [0.1, 0.15) is 0 Å². The zero-order valence-electron chi connectivity index (χ0n) is 18.0. The predicted octanol–water partition coefficient (Wildman–Crippen LogP) is 2.60. The first-order valence-electron chi connectivity index (χ1n) is 10.2. The molecule has 0 aliphatic rings. The van der Waals surface area contributed by atoms with E-state index in [4.69, 9.17) is 9.47 Å². The largest absolute Gasteiger partial charge is 0.378 e. The number of nitrogens with one attached hydrogen (secondary N) is 2. The minimum atomic E-state index is -0.0979. The molecule has 2 rings (SSSR count). The summed E-state index contributed by atoms with van der Waals surface area (Å²) in [5, 5.41) is 10.4. The molecule has 2 aromatic rings. The van der Waals surface area contributed by atoms with Crippen LogP contribution in [-0.2, 0) is 9.47 Å². The number of aromatic nitrogens is 2. The van der Waals surface area contributed by atoms with Gasteiger partial charge in [0.2, 0.25) is 0 Å². The molecule has 0 bridgehead atoms. The summed E-state index contributed by atoms with van der Waals surface area (Å²) in [6.07, 6.45) is 4.00. The van der Waals surface area contributed by atoms with Gasteiger partial charge in [0, 0.05) is 24.8 Å². The number of benzene rings is 1. The summed E-state index contributed by atoms with van der Waals surface area (Å²) in [5.41, 5.74) is 2.97. The van der Waals surface area contributed by atoms with Crippen molar-refractivity contribution in [3.8, 4) is 0 Å². The molecule has 1 heterocycles. The van der Waals surface area contributed by atoms with E-state index in [-0.39, 0.29) is 11.9 Å². The lowest BCUT2D eigenvalue weighted by molar-refractivity contribution is 0.0497. The van der Waals surface area contributed by atoms with Gasteiger partial charge in [-0.05, 0) is 43.1 Å². The van der Waals surface area contributed by atoms with Crippen LogP contribution in [0.15, 0.2) is 36.7 Å². The van der Waals surface area contributed by atoms with Crippen LogP contribution in [0.5, 0.6) is 0 Å².